The molecule has 1 aliphatic carbocycles. The Balaban J connectivity index is 1.42. The lowest BCUT2D eigenvalue weighted by Gasteiger charge is -2.36. The number of nitrogens with one attached hydrogen (secondary N) is 1. The summed E-state index contributed by atoms with van der Waals surface area (Å²) >= 11 is 0. The quantitative estimate of drug-likeness (QED) is 0.805. The molecule has 1 amide bonds. The van der Waals surface area contributed by atoms with Gasteiger partial charge in [0.2, 0.25) is 5.91 Å². The molecular formula is C20H31N3O2. The van der Waals surface area contributed by atoms with Crippen LogP contribution in [0, 0.1) is 12.8 Å². The zero-order valence-electron chi connectivity index (χ0n) is 15.4. The number of likely N-dealkylation sites (tertiary alicyclic amines) is 1. The molecule has 0 aromatic carbocycles. The molecule has 3 rings (SSSR count). The van der Waals surface area contributed by atoms with E-state index in [4.69, 9.17) is 0 Å². The Morgan fingerprint density at radius 2 is 2.00 bits per heavy atom. The van der Waals surface area contributed by atoms with Gasteiger partial charge >= 0.3 is 0 Å². The predicted molar refractivity (Wildman–Crippen MR) is 99.6 cm³/mol. The van der Waals surface area contributed by atoms with E-state index in [1.54, 1.807) is 16.7 Å². The van der Waals surface area contributed by atoms with Gasteiger partial charge in [-0.2, -0.15) is 0 Å². The maximum atomic E-state index is 12.5. The fraction of sp³-hybridized carbons (Fsp3) is 0.700. The average molecular weight is 345 g/mol. The summed E-state index contributed by atoms with van der Waals surface area (Å²) in [6.45, 7) is 5.32. The van der Waals surface area contributed by atoms with Crippen LogP contribution in [0.2, 0.25) is 0 Å². The second-order valence-corrected chi connectivity index (χ2v) is 7.57. The van der Waals surface area contributed by atoms with Crippen molar-refractivity contribution < 1.29 is 4.79 Å². The van der Waals surface area contributed by atoms with Crippen LogP contribution in [0.25, 0.3) is 0 Å². The predicted octanol–water partition coefficient (Wildman–Crippen LogP) is 2.32. The van der Waals surface area contributed by atoms with Crippen LogP contribution in [0.15, 0.2) is 23.0 Å². The van der Waals surface area contributed by atoms with Crippen molar-refractivity contribution in [1.29, 1.82) is 0 Å². The van der Waals surface area contributed by atoms with E-state index in [0.29, 0.717) is 19.1 Å². The Hall–Kier alpha value is -1.62. The van der Waals surface area contributed by atoms with E-state index >= 15 is 0 Å². The Morgan fingerprint density at radius 1 is 1.20 bits per heavy atom. The maximum absolute atomic E-state index is 12.5. The van der Waals surface area contributed by atoms with Gasteiger partial charge in [0.25, 0.3) is 5.56 Å². The number of hydrogen-bond donors (Lipinski definition) is 1. The van der Waals surface area contributed by atoms with E-state index in [9.17, 15) is 9.59 Å². The third-order valence-electron chi connectivity index (χ3n) is 5.79. The number of carbonyl (C=O) groups excluding carboxylic acids is 1. The van der Waals surface area contributed by atoms with Crippen molar-refractivity contribution in [2.45, 2.75) is 64.5 Å². The van der Waals surface area contributed by atoms with Gasteiger partial charge in [-0.05, 0) is 51.6 Å². The van der Waals surface area contributed by atoms with E-state index in [1.807, 2.05) is 13.0 Å². The second-order valence-electron chi connectivity index (χ2n) is 7.57. The van der Waals surface area contributed by atoms with Crippen molar-refractivity contribution in [3.63, 3.8) is 0 Å². The summed E-state index contributed by atoms with van der Waals surface area (Å²) < 4.78 is 1.77. The number of nitrogens with zero attached hydrogens (tertiary/aromatic N) is 2. The number of carbonyl (C=O) groups is 1. The largest absolute Gasteiger partial charge is 0.356 e. The summed E-state index contributed by atoms with van der Waals surface area (Å²) in [5.41, 5.74) is 1.00. The molecule has 5 nitrogen and oxygen atoms in total. The lowest BCUT2D eigenvalue weighted by atomic mass is 9.95. The number of amides is 1. The highest BCUT2D eigenvalue weighted by atomic mass is 16.2. The number of aromatic nitrogens is 1. The lowest BCUT2D eigenvalue weighted by Crippen LogP contribution is -2.46. The molecule has 1 aromatic rings. The van der Waals surface area contributed by atoms with Crippen LogP contribution in [0.3, 0.4) is 0 Å². The van der Waals surface area contributed by atoms with Gasteiger partial charge < -0.3 is 9.88 Å². The average Bonchev–Trinajstić information content (AvgIpc) is 3.15. The normalized spacial score (nSPS) is 22.2. The molecule has 1 N–H and O–H groups in total. The molecule has 1 saturated heterocycles. The number of piperidine rings is 1. The summed E-state index contributed by atoms with van der Waals surface area (Å²) in [5.74, 6) is 0.329. The van der Waals surface area contributed by atoms with Gasteiger partial charge in [0, 0.05) is 37.4 Å². The molecule has 2 fully saturated rings. The molecule has 0 unspecified atom stereocenters. The van der Waals surface area contributed by atoms with Crippen LogP contribution in [0.4, 0.5) is 0 Å². The van der Waals surface area contributed by atoms with E-state index in [-0.39, 0.29) is 17.4 Å². The fourth-order valence-corrected chi connectivity index (χ4v) is 4.32. The second kappa shape index (κ2) is 8.65. The molecule has 0 spiro atoms. The van der Waals surface area contributed by atoms with Crippen LogP contribution >= 0.6 is 0 Å². The lowest BCUT2D eigenvalue weighted by molar-refractivity contribution is -0.127. The Bertz CT molecular complexity index is 634. The van der Waals surface area contributed by atoms with Gasteiger partial charge in [0.15, 0.2) is 0 Å². The highest BCUT2D eigenvalue weighted by Gasteiger charge is 2.30. The van der Waals surface area contributed by atoms with E-state index in [1.165, 1.54) is 25.7 Å². The molecule has 5 heteroatoms. The standard InChI is InChI=1S/C20H31N3O2/c1-16-7-4-11-19(24)23(16)14-6-12-21-20(25)17-8-5-13-22(15-17)18-9-2-3-10-18/h4,7,11,17-18H,2-3,5-6,8-10,12-15H2,1H3,(H,21,25)/t17-/m1/s1. The van der Waals surface area contributed by atoms with Crippen molar-refractivity contribution in [2.75, 3.05) is 19.6 Å². The first-order chi connectivity index (χ1) is 12.1. The van der Waals surface area contributed by atoms with Crippen LogP contribution in [-0.2, 0) is 11.3 Å². The Kier molecular flexibility index (Phi) is 6.29. The van der Waals surface area contributed by atoms with Gasteiger partial charge in [0.1, 0.15) is 0 Å². The van der Waals surface area contributed by atoms with Crippen LogP contribution in [0.1, 0.15) is 50.6 Å². The number of hydrogen-bond acceptors (Lipinski definition) is 3. The van der Waals surface area contributed by atoms with Gasteiger partial charge in [-0.3, -0.25) is 14.5 Å². The molecular weight excluding hydrogens is 314 g/mol. The Morgan fingerprint density at radius 3 is 2.76 bits per heavy atom. The third-order valence-corrected chi connectivity index (χ3v) is 5.79. The number of rotatable bonds is 6. The fourth-order valence-electron chi connectivity index (χ4n) is 4.32. The molecule has 1 aliphatic heterocycles. The van der Waals surface area contributed by atoms with Crippen LogP contribution in [-0.4, -0.2) is 41.1 Å². The molecule has 1 saturated carbocycles. The zero-order chi connectivity index (χ0) is 17.6. The first-order valence-corrected chi connectivity index (χ1v) is 9.83. The van der Waals surface area contributed by atoms with Gasteiger partial charge in [0.05, 0.1) is 5.92 Å². The number of aryl methyl sites for hydroxylation is 1. The molecule has 0 radical (unpaired) electrons. The molecule has 0 bridgehead atoms. The van der Waals surface area contributed by atoms with Gasteiger partial charge in [-0.1, -0.05) is 18.9 Å². The zero-order valence-corrected chi connectivity index (χ0v) is 15.4. The SMILES string of the molecule is Cc1cccc(=O)n1CCCNC(=O)[C@@H]1CCCN(C2CCCC2)C1. The minimum atomic E-state index is 0.0332. The monoisotopic (exact) mass is 345 g/mol. The molecule has 138 valence electrons. The summed E-state index contributed by atoms with van der Waals surface area (Å²) in [4.78, 5) is 26.9. The third kappa shape index (κ3) is 4.72. The van der Waals surface area contributed by atoms with E-state index in [2.05, 4.69) is 10.2 Å². The number of pyridine rings is 1. The van der Waals surface area contributed by atoms with Crippen molar-refractivity contribution >= 4 is 5.91 Å². The van der Waals surface area contributed by atoms with Crippen molar-refractivity contribution in [3.05, 3.63) is 34.2 Å². The van der Waals surface area contributed by atoms with E-state index < -0.39 is 0 Å². The molecule has 1 aromatic heterocycles. The maximum Gasteiger partial charge on any atom is 0.250 e. The smallest absolute Gasteiger partial charge is 0.250 e. The topological polar surface area (TPSA) is 54.3 Å². The molecule has 2 aliphatic rings. The molecule has 2 heterocycles. The van der Waals surface area contributed by atoms with Crippen molar-refractivity contribution in [2.24, 2.45) is 5.92 Å². The first-order valence-electron chi connectivity index (χ1n) is 9.83. The minimum Gasteiger partial charge on any atom is -0.356 e. The van der Waals surface area contributed by atoms with E-state index in [0.717, 1.165) is 38.0 Å². The highest BCUT2D eigenvalue weighted by Crippen LogP contribution is 2.27. The van der Waals surface area contributed by atoms with Crippen LogP contribution in [0.5, 0.6) is 0 Å². The van der Waals surface area contributed by atoms with Crippen LogP contribution < -0.4 is 10.9 Å². The summed E-state index contributed by atoms with van der Waals surface area (Å²) in [6.07, 6.45) is 8.22. The summed E-state index contributed by atoms with van der Waals surface area (Å²) in [6, 6.07) is 6.03. The summed E-state index contributed by atoms with van der Waals surface area (Å²) in [7, 11) is 0. The highest BCUT2D eigenvalue weighted by molar-refractivity contribution is 5.78. The molecule has 25 heavy (non-hydrogen) atoms. The Labute approximate surface area is 150 Å². The first kappa shape index (κ1) is 18.2. The van der Waals surface area contributed by atoms with Crippen molar-refractivity contribution in [1.82, 2.24) is 14.8 Å². The van der Waals surface area contributed by atoms with Gasteiger partial charge in [-0.15, -0.1) is 0 Å². The van der Waals surface area contributed by atoms with Gasteiger partial charge in [-0.25, -0.2) is 0 Å². The summed E-state index contributed by atoms with van der Waals surface area (Å²) in [5, 5.41) is 3.09. The van der Waals surface area contributed by atoms with Crippen molar-refractivity contribution in [3.8, 4) is 0 Å². The molecule has 1 atom stereocenters. The minimum absolute atomic E-state index is 0.0332.